The van der Waals surface area contributed by atoms with Crippen molar-refractivity contribution in [2.45, 2.75) is 25.3 Å². The predicted molar refractivity (Wildman–Crippen MR) is 154 cm³/mol. The number of amides is 1. The van der Waals surface area contributed by atoms with Crippen molar-refractivity contribution in [2.24, 2.45) is 0 Å². The third kappa shape index (κ3) is 5.99. The van der Waals surface area contributed by atoms with Crippen LogP contribution in [-0.4, -0.2) is 52.6 Å². The van der Waals surface area contributed by atoms with Crippen LogP contribution in [0, 0.1) is 0 Å². The maximum absolute atomic E-state index is 12.9. The highest BCUT2D eigenvalue weighted by Crippen LogP contribution is 2.34. The first-order valence-electron chi connectivity index (χ1n) is 13.0. The van der Waals surface area contributed by atoms with Gasteiger partial charge in [0.2, 0.25) is 11.9 Å². The second-order valence-electron chi connectivity index (χ2n) is 9.79. The molecule has 0 spiro atoms. The number of likely N-dealkylation sites (tertiary alicyclic amines) is 1. The molecule has 1 saturated heterocycles. The van der Waals surface area contributed by atoms with Crippen LogP contribution in [0.25, 0.3) is 11.0 Å². The number of carbonyl (C=O) groups excluding carboxylic acids is 1. The molecule has 0 radical (unpaired) electrons. The van der Waals surface area contributed by atoms with Gasteiger partial charge in [0.1, 0.15) is 11.4 Å². The molecule has 5 rings (SSSR count). The molecular formula is C30H32N6O3. The van der Waals surface area contributed by atoms with Crippen molar-refractivity contribution in [3.8, 4) is 5.75 Å². The zero-order chi connectivity index (χ0) is 27.4. The number of hydrogen-bond acceptors (Lipinski definition) is 7. The number of aromatic nitrogens is 3. The molecule has 9 nitrogen and oxygen atoms in total. The van der Waals surface area contributed by atoms with Crippen molar-refractivity contribution in [1.82, 2.24) is 19.4 Å². The van der Waals surface area contributed by atoms with Gasteiger partial charge in [-0.05, 0) is 86.4 Å². The Morgan fingerprint density at radius 3 is 2.74 bits per heavy atom. The van der Waals surface area contributed by atoms with E-state index in [2.05, 4.69) is 46.3 Å². The van der Waals surface area contributed by atoms with Crippen LogP contribution >= 0.6 is 0 Å². The summed E-state index contributed by atoms with van der Waals surface area (Å²) in [5.74, 6) is 1.30. The molecule has 2 N–H and O–H groups in total. The Morgan fingerprint density at radius 1 is 1.15 bits per heavy atom. The van der Waals surface area contributed by atoms with E-state index in [4.69, 9.17) is 9.72 Å². The molecule has 39 heavy (non-hydrogen) atoms. The molecule has 1 fully saturated rings. The molecule has 0 bridgehead atoms. The summed E-state index contributed by atoms with van der Waals surface area (Å²) in [5, 5.41) is 6.76. The summed E-state index contributed by atoms with van der Waals surface area (Å²) < 4.78 is 7.30. The lowest BCUT2D eigenvalue weighted by Crippen LogP contribution is -2.29. The lowest BCUT2D eigenvalue weighted by atomic mass is 9.89. The van der Waals surface area contributed by atoms with E-state index in [1.807, 2.05) is 24.3 Å². The molecule has 0 aliphatic carbocycles. The fourth-order valence-electron chi connectivity index (χ4n) is 4.94. The van der Waals surface area contributed by atoms with E-state index in [0.717, 1.165) is 48.3 Å². The Kier molecular flexibility index (Phi) is 7.69. The summed E-state index contributed by atoms with van der Waals surface area (Å²) in [6.45, 7) is 5.94. The molecule has 3 heterocycles. The predicted octanol–water partition coefficient (Wildman–Crippen LogP) is 4.53. The molecule has 9 heteroatoms. The van der Waals surface area contributed by atoms with Crippen molar-refractivity contribution in [3.63, 3.8) is 0 Å². The fraction of sp³-hybridized carbons (Fsp3) is 0.267. The van der Waals surface area contributed by atoms with Crippen molar-refractivity contribution in [3.05, 3.63) is 94.9 Å². The number of methoxy groups -OCH3 is 1. The standard InChI is InChI=1S/C30H32N6O3/c1-4-27(37)32-24-7-5-6-20(16-24)19-36-28(38)11-9-23-18-31-30(34-29(23)36)33-25-10-8-22(17-26(25)39-3)21-12-14-35(2)15-13-21/h4-11,16-18,21H,1,12-15,19H2,2-3H3,(H,32,37)(H,31,33,34). The number of nitrogens with zero attached hydrogens (tertiary/aromatic N) is 4. The number of fused-ring (bicyclic) bond motifs is 1. The van der Waals surface area contributed by atoms with Crippen LogP contribution < -0.4 is 20.9 Å². The lowest BCUT2D eigenvalue weighted by Gasteiger charge is -2.29. The van der Waals surface area contributed by atoms with Gasteiger partial charge in [-0.3, -0.25) is 14.2 Å². The average molecular weight is 525 g/mol. The smallest absolute Gasteiger partial charge is 0.252 e. The number of piperidine rings is 1. The lowest BCUT2D eigenvalue weighted by molar-refractivity contribution is -0.111. The number of benzene rings is 2. The van der Waals surface area contributed by atoms with Crippen LogP contribution in [0.15, 0.2) is 78.2 Å². The molecule has 1 aliphatic rings. The van der Waals surface area contributed by atoms with Gasteiger partial charge in [-0.25, -0.2) is 4.98 Å². The van der Waals surface area contributed by atoms with Crippen LogP contribution in [0.5, 0.6) is 5.75 Å². The monoisotopic (exact) mass is 524 g/mol. The maximum atomic E-state index is 12.9. The molecule has 0 saturated carbocycles. The third-order valence-electron chi connectivity index (χ3n) is 7.11. The normalized spacial score (nSPS) is 14.2. The number of hydrogen-bond donors (Lipinski definition) is 2. The molecule has 2 aromatic heterocycles. The number of pyridine rings is 1. The second-order valence-corrected chi connectivity index (χ2v) is 9.79. The largest absolute Gasteiger partial charge is 0.495 e. The van der Waals surface area contributed by atoms with Crippen molar-refractivity contribution in [1.29, 1.82) is 0 Å². The van der Waals surface area contributed by atoms with E-state index in [-0.39, 0.29) is 18.0 Å². The minimum atomic E-state index is -0.298. The molecule has 1 aliphatic heterocycles. The Morgan fingerprint density at radius 2 is 1.97 bits per heavy atom. The molecule has 200 valence electrons. The molecule has 2 aromatic carbocycles. The maximum Gasteiger partial charge on any atom is 0.252 e. The first-order valence-corrected chi connectivity index (χ1v) is 13.0. The highest BCUT2D eigenvalue weighted by atomic mass is 16.5. The van der Waals surface area contributed by atoms with Crippen LogP contribution in [0.3, 0.4) is 0 Å². The van der Waals surface area contributed by atoms with Crippen molar-refractivity contribution in [2.75, 3.05) is 37.9 Å². The van der Waals surface area contributed by atoms with Crippen molar-refractivity contribution < 1.29 is 9.53 Å². The summed E-state index contributed by atoms with van der Waals surface area (Å²) in [6.07, 6.45) is 5.16. The molecular weight excluding hydrogens is 492 g/mol. The van der Waals surface area contributed by atoms with E-state index >= 15 is 0 Å². The Balaban J connectivity index is 1.42. The zero-order valence-corrected chi connectivity index (χ0v) is 22.2. The second kappa shape index (κ2) is 11.5. The quantitative estimate of drug-likeness (QED) is 0.327. The SMILES string of the molecule is C=CC(=O)Nc1cccc(Cn2c(=O)ccc3cnc(Nc4ccc(C5CCN(C)CC5)cc4OC)nc32)c1. The minimum Gasteiger partial charge on any atom is -0.495 e. The summed E-state index contributed by atoms with van der Waals surface area (Å²) in [6, 6.07) is 16.8. The van der Waals surface area contributed by atoms with Gasteiger partial charge < -0.3 is 20.3 Å². The molecule has 0 atom stereocenters. The van der Waals surface area contributed by atoms with Crippen LogP contribution in [0.2, 0.25) is 0 Å². The van der Waals surface area contributed by atoms with Gasteiger partial charge in [0.25, 0.3) is 5.56 Å². The first kappa shape index (κ1) is 26.1. The van der Waals surface area contributed by atoms with Gasteiger partial charge >= 0.3 is 0 Å². The van der Waals surface area contributed by atoms with E-state index in [0.29, 0.717) is 23.2 Å². The van der Waals surface area contributed by atoms with E-state index in [9.17, 15) is 9.59 Å². The molecule has 0 unspecified atom stereocenters. The van der Waals surface area contributed by atoms with Crippen LogP contribution in [0.4, 0.5) is 17.3 Å². The highest BCUT2D eigenvalue weighted by molar-refractivity contribution is 5.98. The van der Waals surface area contributed by atoms with Gasteiger partial charge in [0.15, 0.2) is 0 Å². The highest BCUT2D eigenvalue weighted by Gasteiger charge is 2.20. The van der Waals surface area contributed by atoms with Gasteiger partial charge in [0.05, 0.1) is 19.3 Å². The van der Waals surface area contributed by atoms with Gasteiger partial charge in [-0.2, -0.15) is 4.98 Å². The Bertz CT molecular complexity index is 1570. The fourth-order valence-corrected chi connectivity index (χ4v) is 4.94. The number of ether oxygens (including phenoxy) is 1. The van der Waals surface area contributed by atoms with Gasteiger partial charge in [-0.15, -0.1) is 0 Å². The van der Waals surface area contributed by atoms with Crippen LogP contribution in [-0.2, 0) is 11.3 Å². The molecule has 1 amide bonds. The summed E-state index contributed by atoms with van der Waals surface area (Å²) in [5.41, 5.74) is 3.80. The Hall–Kier alpha value is -4.50. The number of carbonyl (C=O) groups is 1. The summed E-state index contributed by atoms with van der Waals surface area (Å²) in [4.78, 5) is 36.1. The van der Waals surface area contributed by atoms with Gasteiger partial charge in [0, 0.05) is 23.3 Å². The Labute approximate surface area is 227 Å². The average Bonchev–Trinajstić information content (AvgIpc) is 2.95. The minimum absolute atomic E-state index is 0.187. The number of rotatable bonds is 8. The number of nitrogens with one attached hydrogen (secondary N) is 2. The van der Waals surface area contributed by atoms with E-state index in [1.54, 1.807) is 30.0 Å². The number of anilines is 3. The van der Waals surface area contributed by atoms with Crippen LogP contribution in [0.1, 0.15) is 29.9 Å². The van der Waals surface area contributed by atoms with Crippen molar-refractivity contribution >= 4 is 34.3 Å². The topological polar surface area (TPSA) is 101 Å². The first-order chi connectivity index (χ1) is 18.9. The van der Waals surface area contributed by atoms with Gasteiger partial charge in [-0.1, -0.05) is 24.8 Å². The van der Waals surface area contributed by atoms with E-state index in [1.165, 1.54) is 17.7 Å². The third-order valence-corrected chi connectivity index (χ3v) is 7.11. The summed E-state index contributed by atoms with van der Waals surface area (Å²) in [7, 11) is 3.82. The summed E-state index contributed by atoms with van der Waals surface area (Å²) >= 11 is 0. The molecule has 4 aromatic rings. The van der Waals surface area contributed by atoms with E-state index < -0.39 is 0 Å². The zero-order valence-electron chi connectivity index (χ0n) is 22.2.